The van der Waals surface area contributed by atoms with Crippen LogP contribution in [0.15, 0.2) is 16.7 Å². The highest BCUT2D eigenvalue weighted by Crippen LogP contribution is 2.22. The molecular weight excluding hydrogens is 330 g/mol. The maximum atomic E-state index is 11.1. The molecule has 1 aromatic rings. The van der Waals surface area contributed by atoms with Crippen LogP contribution in [0.1, 0.15) is 6.92 Å². The summed E-state index contributed by atoms with van der Waals surface area (Å²) in [5, 5.41) is 5.65. The molecule has 0 saturated heterocycles. The first kappa shape index (κ1) is 14.1. The number of nitrogens with zero attached hydrogens (tertiary/aromatic N) is 1. The monoisotopic (exact) mass is 337 g/mol. The van der Waals surface area contributed by atoms with E-state index >= 15 is 0 Å². The quantitative estimate of drug-likeness (QED) is 0.812. The molecule has 0 fully saturated rings. The summed E-state index contributed by atoms with van der Waals surface area (Å²) >= 11 is 13.9. The molecule has 0 aliphatic carbocycles. The van der Waals surface area contributed by atoms with Gasteiger partial charge in [0.2, 0.25) is 0 Å². The molecule has 92 valence electrons. The number of hydrogen-bond acceptors (Lipinski definition) is 4. The van der Waals surface area contributed by atoms with Gasteiger partial charge in [0.05, 0.1) is 16.1 Å². The van der Waals surface area contributed by atoms with Crippen LogP contribution >= 0.6 is 39.7 Å². The predicted octanol–water partition coefficient (Wildman–Crippen LogP) is 2.94. The minimum atomic E-state index is -0.616. The molecule has 1 rings (SSSR count). The van der Waals surface area contributed by atoms with Gasteiger partial charge in [-0.05, 0) is 41.1 Å². The van der Waals surface area contributed by atoms with Crippen molar-refractivity contribution in [3.63, 3.8) is 0 Å². The molecule has 1 aromatic heterocycles. The molecule has 0 radical (unpaired) electrons. The van der Waals surface area contributed by atoms with Gasteiger partial charge in [0.1, 0.15) is 5.82 Å². The van der Waals surface area contributed by atoms with Crippen molar-refractivity contribution in [1.29, 1.82) is 0 Å². The second-order valence-electron chi connectivity index (χ2n) is 2.78. The van der Waals surface area contributed by atoms with E-state index in [4.69, 9.17) is 23.8 Å². The largest absolute Gasteiger partial charge is 0.450 e. The van der Waals surface area contributed by atoms with Crippen LogP contribution in [0.4, 0.5) is 10.6 Å². The van der Waals surface area contributed by atoms with Crippen molar-refractivity contribution in [3.05, 3.63) is 21.8 Å². The summed E-state index contributed by atoms with van der Waals surface area (Å²) in [5.74, 6) is 0.455. The van der Waals surface area contributed by atoms with Crippen molar-refractivity contribution < 1.29 is 9.53 Å². The predicted molar refractivity (Wildman–Crippen MR) is 73.3 cm³/mol. The van der Waals surface area contributed by atoms with Crippen LogP contribution in [0.25, 0.3) is 0 Å². The average molecular weight is 339 g/mol. The first-order valence-electron chi connectivity index (χ1n) is 4.58. The Morgan fingerprint density at radius 3 is 3.00 bits per heavy atom. The molecule has 0 unspecified atom stereocenters. The number of carbonyl (C=O) groups excluding carboxylic acids is 1. The Morgan fingerprint density at radius 1 is 1.71 bits per heavy atom. The maximum Gasteiger partial charge on any atom is 0.413 e. The van der Waals surface area contributed by atoms with Crippen LogP contribution in [0.5, 0.6) is 0 Å². The fraction of sp³-hybridized carbons (Fsp3) is 0.222. The van der Waals surface area contributed by atoms with Crippen LogP contribution in [-0.2, 0) is 4.74 Å². The molecule has 0 spiro atoms. The summed E-state index contributed by atoms with van der Waals surface area (Å²) in [6.45, 7) is 1.98. The van der Waals surface area contributed by atoms with Crippen molar-refractivity contribution in [3.8, 4) is 0 Å². The summed E-state index contributed by atoms with van der Waals surface area (Å²) in [7, 11) is 0. The lowest BCUT2D eigenvalue weighted by molar-refractivity contribution is 0.158. The fourth-order valence-corrected chi connectivity index (χ4v) is 1.82. The van der Waals surface area contributed by atoms with Crippen LogP contribution < -0.4 is 10.6 Å². The van der Waals surface area contributed by atoms with Crippen molar-refractivity contribution >= 4 is 56.8 Å². The van der Waals surface area contributed by atoms with Gasteiger partial charge in [-0.2, -0.15) is 0 Å². The highest BCUT2D eigenvalue weighted by molar-refractivity contribution is 9.10. The van der Waals surface area contributed by atoms with E-state index in [0.717, 1.165) is 0 Å². The first-order chi connectivity index (χ1) is 8.02. The van der Waals surface area contributed by atoms with Crippen molar-refractivity contribution in [2.75, 3.05) is 11.9 Å². The van der Waals surface area contributed by atoms with Crippen molar-refractivity contribution in [2.45, 2.75) is 6.92 Å². The highest BCUT2D eigenvalue weighted by Gasteiger charge is 2.07. The third kappa shape index (κ3) is 4.84. The maximum absolute atomic E-state index is 11.1. The average Bonchev–Trinajstić information content (AvgIpc) is 2.22. The van der Waals surface area contributed by atoms with E-state index in [9.17, 15) is 4.79 Å². The summed E-state index contributed by atoms with van der Waals surface area (Å²) in [4.78, 5) is 15.1. The Morgan fingerprint density at radius 2 is 2.41 bits per heavy atom. The van der Waals surface area contributed by atoms with Gasteiger partial charge in [-0.15, -0.1) is 0 Å². The molecule has 0 aliphatic heterocycles. The van der Waals surface area contributed by atoms with Crippen LogP contribution in [-0.4, -0.2) is 22.8 Å². The van der Waals surface area contributed by atoms with Gasteiger partial charge in [0.15, 0.2) is 5.11 Å². The van der Waals surface area contributed by atoms with Gasteiger partial charge in [0, 0.05) is 6.20 Å². The Kier molecular flexibility index (Phi) is 5.60. The molecule has 17 heavy (non-hydrogen) atoms. The van der Waals surface area contributed by atoms with Crippen LogP contribution in [0.3, 0.4) is 0 Å². The van der Waals surface area contributed by atoms with E-state index in [1.54, 1.807) is 13.0 Å². The number of pyridine rings is 1. The zero-order valence-corrected chi connectivity index (χ0v) is 11.9. The molecular formula is C9H9BrClN3O2S. The third-order valence-electron chi connectivity index (χ3n) is 1.53. The Labute approximate surface area is 117 Å². The number of anilines is 1. The van der Waals surface area contributed by atoms with Gasteiger partial charge >= 0.3 is 6.09 Å². The number of nitrogens with one attached hydrogen (secondary N) is 2. The number of alkyl carbamates (subject to hydrolysis) is 1. The molecule has 2 N–H and O–H groups in total. The first-order valence-corrected chi connectivity index (χ1v) is 6.16. The Bertz CT molecular complexity index is 444. The van der Waals surface area contributed by atoms with E-state index in [2.05, 4.69) is 36.3 Å². The van der Waals surface area contributed by atoms with E-state index in [1.807, 2.05) is 0 Å². The molecule has 1 amide bonds. The van der Waals surface area contributed by atoms with Crippen molar-refractivity contribution in [2.24, 2.45) is 0 Å². The topological polar surface area (TPSA) is 63.2 Å². The van der Waals surface area contributed by atoms with Gasteiger partial charge in [-0.1, -0.05) is 11.6 Å². The van der Waals surface area contributed by atoms with E-state index in [-0.39, 0.29) is 11.7 Å². The van der Waals surface area contributed by atoms with Crippen LogP contribution in [0, 0.1) is 0 Å². The lowest BCUT2D eigenvalue weighted by Gasteiger charge is -2.09. The Hall–Kier alpha value is -0.920. The van der Waals surface area contributed by atoms with E-state index < -0.39 is 6.09 Å². The van der Waals surface area contributed by atoms with Gasteiger partial charge in [0.25, 0.3) is 0 Å². The molecule has 0 aromatic carbocycles. The standard InChI is InChI=1S/C9H9BrClN3O2S/c1-2-16-9(15)14-8(17)13-7-6(10)3-5(11)4-12-7/h3-4H,2H2,1H3,(H2,12,13,14,15,17). The number of carbonyl (C=O) groups is 1. The number of hydrogen-bond donors (Lipinski definition) is 2. The zero-order chi connectivity index (χ0) is 12.8. The van der Waals surface area contributed by atoms with Crippen LogP contribution in [0.2, 0.25) is 5.02 Å². The van der Waals surface area contributed by atoms with Crippen molar-refractivity contribution in [1.82, 2.24) is 10.3 Å². The second-order valence-corrected chi connectivity index (χ2v) is 4.48. The molecule has 0 atom stereocenters. The SMILES string of the molecule is CCOC(=O)NC(=S)Nc1ncc(Cl)cc1Br. The van der Waals surface area contributed by atoms with Gasteiger partial charge < -0.3 is 10.1 Å². The smallest absolute Gasteiger partial charge is 0.413 e. The second kappa shape index (κ2) is 6.73. The molecule has 1 heterocycles. The van der Waals surface area contributed by atoms with E-state index in [0.29, 0.717) is 15.3 Å². The summed E-state index contributed by atoms with van der Waals surface area (Å²) < 4.78 is 5.31. The highest BCUT2D eigenvalue weighted by atomic mass is 79.9. The number of thiocarbonyl (C=S) groups is 1. The number of rotatable bonds is 2. The summed E-state index contributed by atoms with van der Waals surface area (Å²) in [5.41, 5.74) is 0. The molecule has 0 aliphatic rings. The zero-order valence-electron chi connectivity index (χ0n) is 8.79. The molecule has 0 bridgehead atoms. The Balaban J connectivity index is 2.59. The number of ether oxygens (including phenoxy) is 1. The molecule has 8 heteroatoms. The third-order valence-corrected chi connectivity index (χ3v) is 2.55. The van der Waals surface area contributed by atoms with Gasteiger partial charge in [-0.25, -0.2) is 9.78 Å². The number of amides is 1. The lowest BCUT2D eigenvalue weighted by atomic mass is 10.4. The summed E-state index contributed by atoms with van der Waals surface area (Å²) in [6, 6.07) is 1.66. The lowest BCUT2D eigenvalue weighted by Crippen LogP contribution is -2.34. The van der Waals surface area contributed by atoms with Gasteiger partial charge in [-0.3, -0.25) is 5.32 Å². The normalized spacial score (nSPS) is 9.59. The fourth-order valence-electron chi connectivity index (χ4n) is 0.905. The van der Waals surface area contributed by atoms with E-state index in [1.165, 1.54) is 6.20 Å². The minimum Gasteiger partial charge on any atom is -0.450 e. The molecule has 0 saturated carbocycles. The molecule has 5 nitrogen and oxygen atoms in total. The summed E-state index contributed by atoms with van der Waals surface area (Å²) in [6.07, 6.45) is 0.844. The number of halogens is 2. The number of aromatic nitrogens is 1. The minimum absolute atomic E-state index is 0.0963.